The van der Waals surface area contributed by atoms with Crippen molar-refractivity contribution in [3.8, 4) is 11.5 Å². The highest BCUT2D eigenvalue weighted by Crippen LogP contribution is 2.28. The van der Waals surface area contributed by atoms with Crippen molar-refractivity contribution in [1.29, 1.82) is 0 Å². The number of hydrogen-bond acceptors (Lipinski definition) is 3. The van der Waals surface area contributed by atoms with Crippen molar-refractivity contribution in [2.75, 3.05) is 5.32 Å². The van der Waals surface area contributed by atoms with Crippen molar-refractivity contribution in [2.45, 2.75) is 46.2 Å². The number of para-hydroxylation sites is 1. The Hall–Kier alpha value is -2.75. The smallest absolute Gasteiger partial charge is 0.127 e. The zero-order valence-corrected chi connectivity index (χ0v) is 15.8. The number of aromatic nitrogens is 2. The summed E-state index contributed by atoms with van der Waals surface area (Å²) < 4.78 is 7.91. The lowest BCUT2D eigenvalue weighted by Gasteiger charge is -2.20. The molecule has 0 aliphatic heterocycles. The predicted octanol–water partition coefficient (Wildman–Crippen LogP) is 5.96. The Kier molecular flexibility index (Phi) is 5.95. The second-order valence-corrected chi connectivity index (χ2v) is 6.43. The first-order valence-electron chi connectivity index (χ1n) is 9.33. The topological polar surface area (TPSA) is 39.1 Å². The Morgan fingerprint density at radius 3 is 2.31 bits per heavy atom. The molecule has 4 nitrogen and oxygen atoms in total. The van der Waals surface area contributed by atoms with E-state index in [-0.39, 0.29) is 6.04 Å². The average Bonchev–Trinajstić information content (AvgIpc) is 3.02. The number of hydrogen-bond donors (Lipinski definition) is 1. The van der Waals surface area contributed by atoms with E-state index < -0.39 is 0 Å². The summed E-state index contributed by atoms with van der Waals surface area (Å²) in [6, 6.07) is 18.5. The number of benzene rings is 2. The molecule has 0 spiro atoms. The van der Waals surface area contributed by atoms with Crippen molar-refractivity contribution < 1.29 is 4.74 Å². The van der Waals surface area contributed by atoms with Gasteiger partial charge >= 0.3 is 0 Å². The second kappa shape index (κ2) is 8.56. The van der Waals surface area contributed by atoms with Gasteiger partial charge in [-0.1, -0.05) is 43.7 Å². The number of anilines is 1. The minimum Gasteiger partial charge on any atom is -0.457 e. The second-order valence-electron chi connectivity index (χ2n) is 6.43. The summed E-state index contributed by atoms with van der Waals surface area (Å²) in [7, 11) is 0. The fourth-order valence-electron chi connectivity index (χ4n) is 3.10. The highest BCUT2D eigenvalue weighted by atomic mass is 16.5. The summed E-state index contributed by atoms with van der Waals surface area (Å²) in [5.41, 5.74) is 3.54. The van der Waals surface area contributed by atoms with E-state index in [0.29, 0.717) is 0 Å². The van der Waals surface area contributed by atoms with Crippen molar-refractivity contribution in [3.63, 3.8) is 0 Å². The van der Waals surface area contributed by atoms with Crippen LogP contribution in [0, 0.1) is 6.92 Å². The minimum absolute atomic E-state index is 0.263. The normalized spacial score (nSPS) is 12.0. The third-order valence-corrected chi connectivity index (χ3v) is 4.57. The van der Waals surface area contributed by atoms with Gasteiger partial charge < -0.3 is 10.1 Å². The largest absolute Gasteiger partial charge is 0.457 e. The van der Waals surface area contributed by atoms with Crippen molar-refractivity contribution in [1.82, 2.24) is 9.78 Å². The first kappa shape index (κ1) is 18.1. The van der Waals surface area contributed by atoms with E-state index in [1.54, 1.807) is 0 Å². The Morgan fingerprint density at radius 2 is 1.69 bits per heavy atom. The lowest BCUT2D eigenvalue weighted by Crippen LogP contribution is -2.11. The lowest BCUT2D eigenvalue weighted by atomic mass is 10.0. The Bertz CT molecular complexity index is 809. The molecule has 0 fully saturated rings. The zero-order chi connectivity index (χ0) is 18.4. The van der Waals surface area contributed by atoms with E-state index in [1.165, 1.54) is 11.3 Å². The molecule has 3 aromatic rings. The molecule has 1 heterocycles. The number of rotatable bonds is 8. The van der Waals surface area contributed by atoms with Crippen LogP contribution in [0.4, 0.5) is 5.69 Å². The van der Waals surface area contributed by atoms with Crippen LogP contribution in [0.2, 0.25) is 0 Å². The van der Waals surface area contributed by atoms with Crippen LogP contribution in [0.3, 0.4) is 0 Å². The number of nitrogens with one attached hydrogen (secondary N) is 1. The first-order chi connectivity index (χ1) is 12.7. The molecular formula is C22H27N3O. The Balaban J connectivity index is 1.74. The van der Waals surface area contributed by atoms with Crippen molar-refractivity contribution in [3.05, 3.63) is 72.1 Å². The van der Waals surface area contributed by atoms with E-state index in [4.69, 9.17) is 4.74 Å². The molecule has 1 aromatic heterocycles. The van der Waals surface area contributed by atoms with Gasteiger partial charge in [0, 0.05) is 6.54 Å². The summed E-state index contributed by atoms with van der Waals surface area (Å²) in [5, 5.41) is 8.10. The van der Waals surface area contributed by atoms with Gasteiger partial charge in [-0.2, -0.15) is 5.10 Å². The van der Waals surface area contributed by atoms with Crippen molar-refractivity contribution >= 4 is 5.69 Å². The number of ether oxygens (including phenoxy) is 1. The van der Waals surface area contributed by atoms with Crippen molar-refractivity contribution in [2.24, 2.45) is 0 Å². The molecule has 0 amide bonds. The fraction of sp³-hybridized carbons (Fsp3) is 0.318. The van der Waals surface area contributed by atoms with Crippen LogP contribution in [-0.2, 0) is 6.54 Å². The molecule has 0 saturated heterocycles. The number of aryl methyl sites for hydroxylation is 1. The molecule has 2 aromatic carbocycles. The maximum absolute atomic E-state index is 5.89. The third kappa shape index (κ3) is 4.26. The molecule has 0 aliphatic carbocycles. The average molecular weight is 349 g/mol. The van der Waals surface area contributed by atoms with Crippen LogP contribution in [0.15, 0.2) is 60.8 Å². The monoisotopic (exact) mass is 349 g/mol. The highest BCUT2D eigenvalue weighted by molar-refractivity contribution is 5.48. The van der Waals surface area contributed by atoms with E-state index in [1.807, 2.05) is 53.3 Å². The maximum Gasteiger partial charge on any atom is 0.127 e. The molecule has 1 N–H and O–H groups in total. The molecule has 0 bridgehead atoms. The van der Waals surface area contributed by atoms with Gasteiger partial charge in [0.25, 0.3) is 0 Å². The van der Waals surface area contributed by atoms with E-state index >= 15 is 0 Å². The quantitative estimate of drug-likeness (QED) is 0.545. The molecule has 1 unspecified atom stereocenters. The molecular weight excluding hydrogens is 322 g/mol. The summed E-state index contributed by atoms with van der Waals surface area (Å²) in [4.78, 5) is 0. The molecule has 0 saturated carbocycles. The van der Waals surface area contributed by atoms with E-state index in [2.05, 4.69) is 43.3 Å². The van der Waals surface area contributed by atoms with E-state index in [0.717, 1.165) is 36.6 Å². The Labute approximate surface area is 155 Å². The highest BCUT2D eigenvalue weighted by Gasteiger charge is 2.14. The van der Waals surface area contributed by atoms with Crippen LogP contribution in [0.1, 0.15) is 44.0 Å². The SMILES string of the molecule is CCCC(Nc1cnn(CC)c1C)c1ccc(Oc2ccccc2)cc1. The van der Waals surface area contributed by atoms with Crippen LogP contribution >= 0.6 is 0 Å². The first-order valence-corrected chi connectivity index (χ1v) is 9.33. The van der Waals surface area contributed by atoms with Gasteiger partial charge in [0.05, 0.1) is 23.6 Å². The molecule has 0 aliphatic rings. The van der Waals surface area contributed by atoms with Gasteiger partial charge in [-0.3, -0.25) is 4.68 Å². The minimum atomic E-state index is 0.263. The predicted molar refractivity (Wildman–Crippen MR) is 107 cm³/mol. The molecule has 4 heteroatoms. The molecule has 136 valence electrons. The van der Waals surface area contributed by atoms with Gasteiger partial charge in [0.2, 0.25) is 0 Å². The van der Waals surface area contributed by atoms with Crippen LogP contribution in [0.5, 0.6) is 11.5 Å². The van der Waals surface area contributed by atoms with Gasteiger partial charge in [-0.25, -0.2) is 0 Å². The maximum atomic E-state index is 5.89. The van der Waals surface area contributed by atoms with Gasteiger partial charge in [0.1, 0.15) is 11.5 Å². The summed E-state index contributed by atoms with van der Waals surface area (Å²) in [6.07, 6.45) is 4.10. The molecule has 0 radical (unpaired) electrons. The molecule has 1 atom stereocenters. The molecule has 26 heavy (non-hydrogen) atoms. The summed E-state index contributed by atoms with van der Waals surface area (Å²) in [5.74, 6) is 1.70. The number of nitrogens with zero attached hydrogens (tertiary/aromatic N) is 2. The standard InChI is InChI=1S/C22H27N3O/c1-4-9-21(24-22-16-23-25(5-2)17(22)3)18-12-14-20(15-13-18)26-19-10-7-6-8-11-19/h6-8,10-16,21,24H,4-5,9H2,1-3H3. The summed E-state index contributed by atoms with van der Waals surface area (Å²) in [6.45, 7) is 7.32. The molecule has 3 rings (SSSR count). The van der Waals surface area contributed by atoms with Gasteiger partial charge in [-0.05, 0) is 50.1 Å². The van der Waals surface area contributed by atoms with Crippen LogP contribution < -0.4 is 10.1 Å². The summed E-state index contributed by atoms with van der Waals surface area (Å²) >= 11 is 0. The van der Waals surface area contributed by atoms with Crippen LogP contribution in [-0.4, -0.2) is 9.78 Å². The van der Waals surface area contributed by atoms with Gasteiger partial charge in [-0.15, -0.1) is 0 Å². The zero-order valence-electron chi connectivity index (χ0n) is 15.8. The lowest BCUT2D eigenvalue weighted by molar-refractivity contribution is 0.482. The fourth-order valence-corrected chi connectivity index (χ4v) is 3.10. The van der Waals surface area contributed by atoms with Gasteiger partial charge in [0.15, 0.2) is 0 Å². The third-order valence-electron chi connectivity index (χ3n) is 4.57. The van der Waals surface area contributed by atoms with Crippen LogP contribution in [0.25, 0.3) is 0 Å². The van der Waals surface area contributed by atoms with E-state index in [9.17, 15) is 0 Å². The Morgan fingerprint density at radius 1 is 1.00 bits per heavy atom.